The van der Waals surface area contributed by atoms with Gasteiger partial charge in [0.2, 0.25) is 0 Å². The molecule has 2 aromatic carbocycles. The van der Waals surface area contributed by atoms with Crippen LogP contribution in [0.4, 0.5) is 24.5 Å². The molecule has 6 nitrogen and oxygen atoms in total. The number of aryl methyl sites for hydroxylation is 1. The van der Waals surface area contributed by atoms with Crippen molar-refractivity contribution in [1.82, 2.24) is 14.7 Å². The predicted octanol–water partition coefficient (Wildman–Crippen LogP) is 5.83. The molecule has 198 valence electrons. The van der Waals surface area contributed by atoms with Crippen molar-refractivity contribution in [3.8, 4) is 0 Å². The number of piperazine rings is 1. The highest BCUT2D eigenvalue weighted by atomic mass is 35.5. The van der Waals surface area contributed by atoms with Crippen LogP contribution in [0, 0.1) is 0 Å². The van der Waals surface area contributed by atoms with Gasteiger partial charge in [-0.25, -0.2) is 4.98 Å². The lowest BCUT2D eigenvalue weighted by Gasteiger charge is -2.37. The summed E-state index contributed by atoms with van der Waals surface area (Å²) in [5.74, 6) is -0.208. The summed E-state index contributed by atoms with van der Waals surface area (Å²) in [6.07, 6.45) is -2.00. The molecule has 10 heteroatoms. The lowest BCUT2D eigenvalue weighted by molar-refractivity contribution is -0.137. The van der Waals surface area contributed by atoms with Gasteiger partial charge < -0.3 is 15.1 Å². The molecule has 0 saturated carbocycles. The number of alkyl halides is 3. The van der Waals surface area contributed by atoms with Crippen LogP contribution in [0.15, 0.2) is 66.9 Å². The van der Waals surface area contributed by atoms with Gasteiger partial charge in [0.05, 0.1) is 16.3 Å². The molecule has 1 N–H and O–H groups in total. The Morgan fingerprint density at radius 2 is 1.50 bits per heavy atom. The van der Waals surface area contributed by atoms with Crippen LogP contribution >= 0.6 is 11.6 Å². The molecule has 1 aliphatic heterocycles. The molecule has 0 radical (unpaired) electrons. The van der Waals surface area contributed by atoms with E-state index in [-0.39, 0.29) is 5.91 Å². The summed E-state index contributed by atoms with van der Waals surface area (Å²) in [5.41, 5.74) is 4.09. The van der Waals surface area contributed by atoms with Gasteiger partial charge in [0.15, 0.2) is 0 Å². The van der Waals surface area contributed by atoms with Gasteiger partial charge in [0, 0.05) is 50.3 Å². The number of aromatic nitrogens is 2. The molecule has 2 aromatic heterocycles. The number of hydrogen-bond donors (Lipinski definition) is 1. The average Bonchev–Trinajstić information content (AvgIpc) is 3.29. The SMILES string of the molecule is CCc1nc2ccc(Cl)cn2c1C(=O)NCc1ccc(N2CCN(c3ccc(C(F)(F)F)cc3)CC2)cc1. The molecule has 0 spiro atoms. The van der Waals surface area contributed by atoms with E-state index in [1.54, 1.807) is 22.7 Å². The molecule has 1 fully saturated rings. The Morgan fingerprint density at radius 1 is 0.921 bits per heavy atom. The van der Waals surface area contributed by atoms with E-state index in [0.717, 1.165) is 47.9 Å². The van der Waals surface area contributed by atoms with Crippen molar-refractivity contribution >= 4 is 34.5 Å². The van der Waals surface area contributed by atoms with E-state index in [0.29, 0.717) is 42.4 Å². The summed E-state index contributed by atoms with van der Waals surface area (Å²) in [5, 5.41) is 3.52. The standard InChI is InChI=1S/C28H27ClF3N5O/c1-2-24-26(37-18-21(29)7-12-25(37)34-24)27(38)33-17-19-3-8-22(9-4-19)35-13-15-36(16-14-35)23-10-5-20(6-11-23)28(30,31)32/h3-12,18H,2,13-17H2,1H3,(H,33,38). The highest BCUT2D eigenvalue weighted by Crippen LogP contribution is 2.31. The van der Waals surface area contributed by atoms with E-state index >= 15 is 0 Å². The van der Waals surface area contributed by atoms with Gasteiger partial charge in [-0.15, -0.1) is 0 Å². The zero-order valence-electron chi connectivity index (χ0n) is 20.8. The Morgan fingerprint density at radius 3 is 2.05 bits per heavy atom. The van der Waals surface area contributed by atoms with Crippen molar-refractivity contribution in [2.75, 3.05) is 36.0 Å². The number of amides is 1. The largest absolute Gasteiger partial charge is 0.416 e. The van der Waals surface area contributed by atoms with Crippen LogP contribution in [0.5, 0.6) is 0 Å². The zero-order valence-corrected chi connectivity index (χ0v) is 21.6. The smallest absolute Gasteiger partial charge is 0.368 e. The van der Waals surface area contributed by atoms with E-state index < -0.39 is 11.7 Å². The van der Waals surface area contributed by atoms with Crippen LogP contribution in [-0.2, 0) is 19.1 Å². The Balaban J connectivity index is 1.17. The van der Waals surface area contributed by atoms with Crippen molar-refractivity contribution in [2.45, 2.75) is 26.1 Å². The quantitative estimate of drug-likeness (QED) is 0.334. The molecule has 0 aliphatic carbocycles. The normalized spacial score (nSPS) is 14.2. The van der Waals surface area contributed by atoms with E-state index in [2.05, 4.69) is 20.1 Å². The van der Waals surface area contributed by atoms with Gasteiger partial charge >= 0.3 is 6.18 Å². The maximum absolute atomic E-state index is 13.0. The molecule has 1 saturated heterocycles. The van der Waals surface area contributed by atoms with Crippen molar-refractivity contribution in [2.24, 2.45) is 0 Å². The molecular weight excluding hydrogens is 515 g/mol. The first-order valence-corrected chi connectivity index (χ1v) is 12.8. The second kappa shape index (κ2) is 10.6. The third-order valence-electron chi connectivity index (χ3n) is 6.80. The van der Waals surface area contributed by atoms with Crippen molar-refractivity contribution in [1.29, 1.82) is 0 Å². The number of fused-ring (bicyclic) bond motifs is 1. The number of benzene rings is 2. The summed E-state index contributed by atoms with van der Waals surface area (Å²) in [6, 6.07) is 16.9. The molecule has 1 amide bonds. The van der Waals surface area contributed by atoms with Crippen LogP contribution in [-0.4, -0.2) is 41.5 Å². The monoisotopic (exact) mass is 541 g/mol. The maximum Gasteiger partial charge on any atom is 0.416 e. The minimum absolute atomic E-state index is 0.208. The van der Waals surface area contributed by atoms with Crippen molar-refractivity contribution in [3.05, 3.63) is 94.4 Å². The number of nitrogens with one attached hydrogen (secondary N) is 1. The number of carbonyl (C=O) groups excluding carboxylic acids is 1. The fourth-order valence-electron chi connectivity index (χ4n) is 4.73. The first-order chi connectivity index (χ1) is 18.2. The van der Waals surface area contributed by atoms with Gasteiger partial charge in [0.1, 0.15) is 11.3 Å². The Bertz CT molecular complexity index is 1430. The van der Waals surface area contributed by atoms with Gasteiger partial charge in [-0.2, -0.15) is 13.2 Å². The van der Waals surface area contributed by atoms with E-state index in [9.17, 15) is 18.0 Å². The molecule has 3 heterocycles. The Kier molecular flexibility index (Phi) is 7.21. The van der Waals surface area contributed by atoms with Gasteiger partial charge in [-0.1, -0.05) is 30.7 Å². The molecule has 5 rings (SSSR count). The predicted molar refractivity (Wildman–Crippen MR) is 143 cm³/mol. The Labute approximate surface area is 223 Å². The second-order valence-electron chi connectivity index (χ2n) is 9.20. The number of pyridine rings is 1. The van der Waals surface area contributed by atoms with E-state index in [1.807, 2.05) is 31.2 Å². The minimum Gasteiger partial charge on any atom is -0.368 e. The maximum atomic E-state index is 13.0. The minimum atomic E-state index is -4.33. The van der Waals surface area contributed by atoms with Gasteiger partial charge in [-0.3, -0.25) is 9.20 Å². The van der Waals surface area contributed by atoms with E-state index in [1.165, 1.54) is 12.1 Å². The highest BCUT2D eigenvalue weighted by Gasteiger charge is 2.30. The number of nitrogens with zero attached hydrogens (tertiary/aromatic N) is 4. The fraction of sp³-hybridized carbons (Fsp3) is 0.286. The number of halogens is 4. The first-order valence-electron chi connectivity index (χ1n) is 12.4. The van der Waals surface area contributed by atoms with Gasteiger partial charge in [0.25, 0.3) is 5.91 Å². The van der Waals surface area contributed by atoms with E-state index in [4.69, 9.17) is 11.6 Å². The summed E-state index contributed by atoms with van der Waals surface area (Å²) in [7, 11) is 0. The third-order valence-corrected chi connectivity index (χ3v) is 7.02. The van der Waals surface area contributed by atoms with Gasteiger partial charge in [-0.05, 0) is 60.5 Å². The topological polar surface area (TPSA) is 52.9 Å². The summed E-state index contributed by atoms with van der Waals surface area (Å²) in [4.78, 5) is 21.9. The number of hydrogen-bond acceptors (Lipinski definition) is 4. The van der Waals surface area contributed by atoms with Crippen LogP contribution < -0.4 is 15.1 Å². The number of imidazole rings is 1. The highest BCUT2D eigenvalue weighted by molar-refractivity contribution is 6.30. The van der Waals surface area contributed by atoms with Crippen LogP contribution in [0.25, 0.3) is 5.65 Å². The van der Waals surface area contributed by atoms with Crippen LogP contribution in [0.1, 0.15) is 34.2 Å². The molecule has 0 bridgehead atoms. The van der Waals surface area contributed by atoms with Crippen LogP contribution in [0.3, 0.4) is 0 Å². The molecule has 0 atom stereocenters. The average molecular weight is 542 g/mol. The van der Waals surface area contributed by atoms with Crippen LogP contribution in [0.2, 0.25) is 5.02 Å². The van der Waals surface area contributed by atoms with Crippen molar-refractivity contribution < 1.29 is 18.0 Å². The molecule has 0 unspecified atom stereocenters. The summed E-state index contributed by atoms with van der Waals surface area (Å²) in [6.45, 7) is 5.28. The molecule has 4 aromatic rings. The number of anilines is 2. The lowest BCUT2D eigenvalue weighted by Crippen LogP contribution is -2.46. The Hall–Kier alpha value is -3.72. The zero-order chi connectivity index (χ0) is 26.9. The third kappa shape index (κ3) is 5.43. The fourth-order valence-corrected chi connectivity index (χ4v) is 4.89. The summed E-state index contributed by atoms with van der Waals surface area (Å²) < 4.78 is 40.2. The molecule has 1 aliphatic rings. The molecule has 38 heavy (non-hydrogen) atoms. The van der Waals surface area contributed by atoms with Crippen molar-refractivity contribution in [3.63, 3.8) is 0 Å². The molecular formula is C28H27ClF3N5O. The first kappa shape index (κ1) is 25.9. The number of carbonyl (C=O) groups is 1. The number of rotatable bonds is 6. The second-order valence-corrected chi connectivity index (χ2v) is 9.64. The lowest BCUT2D eigenvalue weighted by atomic mass is 10.1. The summed E-state index contributed by atoms with van der Waals surface area (Å²) >= 11 is 6.14.